The second-order valence-electron chi connectivity index (χ2n) is 8.50. The number of halogens is 2. The van der Waals surface area contributed by atoms with Gasteiger partial charge in [0.15, 0.2) is 6.35 Å². The number of nitrogens with one attached hydrogen (secondary N) is 1. The standard InChI is InChI=1S/C22H27BrFN5O3/c1-4-19(30)13-9-27(3)21(31)20-15-11-28(12(2)7-18(15)26-29(20)10-13)22(32)25-14-5-6-17(24)16(23)8-14/h4-6,8,12-13,19,22,25,30,32H,1,7,9-11H2,2-3H3/t12-,13?,19-,22?/m1/s1. The summed E-state index contributed by atoms with van der Waals surface area (Å²) in [7, 11) is 1.71. The van der Waals surface area contributed by atoms with E-state index in [9.17, 15) is 19.4 Å². The number of aliphatic hydroxyl groups excluding tert-OH is 2. The van der Waals surface area contributed by atoms with Crippen molar-refractivity contribution in [2.24, 2.45) is 5.92 Å². The predicted molar refractivity (Wildman–Crippen MR) is 121 cm³/mol. The molecule has 2 aliphatic rings. The molecule has 3 N–H and O–H groups in total. The molecule has 2 unspecified atom stereocenters. The van der Waals surface area contributed by atoms with Crippen molar-refractivity contribution in [3.8, 4) is 0 Å². The fourth-order valence-corrected chi connectivity index (χ4v) is 4.81. The minimum atomic E-state index is -1.04. The van der Waals surface area contributed by atoms with E-state index >= 15 is 0 Å². The number of rotatable bonds is 5. The molecule has 8 nitrogen and oxygen atoms in total. The number of benzene rings is 1. The van der Waals surface area contributed by atoms with Crippen LogP contribution in [0, 0.1) is 11.7 Å². The molecule has 0 saturated heterocycles. The molecule has 0 radical (unpaired) electrons. The van der Waals surface area contributed by atoms with Crippen LogP contribution in [0.1, 0.15) is 28.7 Å². The highest BCUT2D eigenvalue weighted by atomic mass is 79.9. The third-order valence-electron chi connectivity index (χ3n) is 6.25. The van der Waals surface area contributed by atoms with E-state index in [1.54, 1.807) is 28.8 Å². The number of amides is 1. The van der Waals surface area contributed by atoms with Gasteiger partial charge in [0.05, 0.1) is 16.3 Å². The van der Waals surface area contributed by atoms with Crippen LogP contribution in [0.15, 0.2) is 35.3 Å². The van der Waals surface area contributed by atoms with Crippen molar-refractivity contribution in [1.82, 2.24) is 19.6 Å². The Labute approximate surface area is 194 Å². The monoisotopic (exact) mass is 507 g/mol. The fourth-order valence-electron chi connectivity index (χ4n) is 4.43. The van der Waals surface area contributed by atoms with Crippen LogP contribution in [0.4, 0.5) is 10.1 Å². The molecular formula is C22H27BrFN5O3. The van der Waals surface area contributed by atoms with E-state index in [2.05, 4.69) is 27.8 Å². The van der Waals surface area contributed by atoms with E-state index in [0.29, 0.717) is 41.9 Å². The van der Waals surface area contributed by atoms with Gasteiger partial charge in [-0.3, -0.25) is 14.4 Å². The van der Waals surface area contributed by atoms with E-state index in [4.69, 9.17) is 5.10 Å². The first kappa shape index (κ1) is 22.9. The Morgan fingerprint density at radius 1 is 1.38 bits per heavy atom. The van der Waals surface area contributed by atoms with Gasteiger partial charge in [-0.1, -0.05) is 6.08 Å². The van der Waals surface area contributed by atoms with Crippen LogP contribution in [0.3, 0.4) is 0 Å². The second kappa shape index (κ2) is 8.93. The molecule has 0 spiro atoms. The molecule has 0 bridgehead atoms. The SMILES string of the molecule is C=C[C@@H](O)C1CN(C)C(=O)c2c3c(nn2C1)C[C@@H](C)N(C(O)Nc1ccc(F)c(Br)c1)C3. The zero-order valence-electron chi connectivity index (χ0n) is 18.0. The van der Waals surface area contributed by atoms with Crippen molar-refractivity contribution in [2.45, 2.75) is 44.9 Å². The first-order valence-corrected chi connectivity index (χ1v) is 11.3. The number of aliphatic hydroxyl groups is 2. The minimum absolute atomic E-state index is 0.0459. The maximum atomic E-state index is 13.5. The summed E-state index contributed by atoms with van der Waals surface area (Å²) < 4.78 is 15.5. The lowest BCUT2D eigenvalue weighted by Gasteiger charge is -2.37. The van der Waals surface area contributed by atoms with Gasteiger partial charge in [-0.05, 0) is 41.1 Å². The van der Waals surface area contributed by atoms with Crippen molar-refractivity contribution < 1.29 is 19.4 Å². The number of aromatic nitrogens is 2. The van der Waals surface area contributed by atoms with Gasteiger partial charge in [0.25, 0.3) is 5.91 Å². The summed E-state index contributed by atoms with van der Waals surface area (Å²) >= 11 is 3.15. The highest BCUT2D eigenvalue weighted by Gasteiger charge is 2.38. The molecule has 10 heteroatoms. The molecule has 4 rings (SSSR count). The Hall–Kier alpha value is -2.27. The lowest BCUT2D eigenvalue weighted by atomic mass is 9.99. The Morgan fingerprint density at radius 3 is 2.81 bits per heavy atom. The largest absolute Gasteiger partial charge is 0.389 e. The number of carbonyl (C=O) groups is 1. The number of anilines is 1. The summed E-state index contributed by atoms with van der Waals surface area (Å²) in [6.45, 7) is 6.78. The predicted octanol–water partition coefficient (Wildman–Crippen LogP) is 2.17. The third kappa shape index (κ3) is 4.19. The summed E-state index contributed by atoms with van der Waals surface area (Å²) in [6, 6.07) is 4.39. The van der Waals surface area contributed by atoms with Gasteiger partial charge in [0.1, 0.15) is 11.5 Å². The highest BCUT2D eigenvalue weighted by Crippen LogP contribution is 2.31. The molecule has 2 aromatic rings. The molecular weight excluding hydrogens is 481 g/mol. The quantitative estimate of drug-likeness (QED) is 0.424. The maximum absolute atomic E-state index is 13.5. The Morgan fingerprint density at radius 2 is 2.12 bits per heavy atom. The molecule has 0 aliphatic carbocycles. The van der Waals surface area contributed by atoms with Gasteiger partial charge in [-0.2, -0.15) is 5.10 Å². The third-order valence-corrected chi connectivity index (χ3v) is 6.86. The number of hydrogen-bond donors (Lipinski definition) is 3. The molecule has 0 saturated carbocycles. The Balaban J connectivity index is 1.61. The normalized spacial score (nSPS) is 23.2. The summed E-state index contributed by atoms with van der Waals surface area (Å²) in [5, 5.41) is 28.9. The summed E-state index contributed by atoms with van der Waals surface area (Å²) in [5.74, 6) is -0.746. The topological polar surface area (TPSA) is 93.9 Å². The van der Waals surface area contributed by atoms with Gasteiger partial charge in [-0.25, -0.2) is 4.39 Å². The lowest BCUT2D eigenvalue weighted by Crippen LogP contribution is -2.49. The average molecular weight is 508 g/mol. The summed E-state index contributed by atoms with van der Waals surface area (Å²) in [4.78, 5) is 16.6. The smallest absolute Gasteiger partial charge is 0.272 e. The number of nitrogens with zero attached hydrogens (tertiary/aromatic N) is 4. The van der Waals surface area contributed by atoms with Gasteiger partial charge < -0.3 is 20.4 Å². The van der Waals surface area contributed by atoms with E-state index in [1.165, 1.54) is 12.1 Å². The Kier molecular flexibility index (Phi) is 6.39. The van der Waals surface area contributed by atoms with Crippen molar-refractivity contribution in [3.63, 3.8) is 0 Å². The van der Waals surface area contributed by atoms with Crippen LogP contribution in [-0.4, -0.2) is 67.8 Å². The number of hydrogen-bond acceptors (Lipinski definition) is 6. The first-order chi connectivity index (χ1) is 15.2. The molecule has 0 fully saturated rings. The highest BCUT2D eigenvalue weighted by molar-refractivity contribution is 9.10. The molecule has 172 valence electrons. The Bertz CT molecular complexity index is 1040. The van der Waals surface area contributed by atoms with Crippen molar-refractivity contribution in [1.29, 1.82) is 0 Å². The van der Waals surface area contributed by atoms with Crippen molar-refractivity contribution >= 4 is 27.5 Å². The van der Waals surface area contributed by atoms with Gasteiger partial charge in [-0.15, -0.1) is 6.58 Å². The van der Waals surface area contributed by atoms with Crippen LogP contribution in [0.5, 0.6) is 0 Å². The average Bonchev–Trinajstić information content (AvgIpc) is 3.04. The van der Waals surface area contributed by atoms with Crippen LogP contribution in [-0.2, 0) is 19.5 Å². The van der Waals surface area contributed by atoms with E-state index in [-0.39, 0.29) is 23.7 Å². The number of fused-ring (bicyclic) bond motifs is 3. The first-order valence-electron chi connectivity index (χ1n) is 10.5. The van der Waals surface area contributed by atoms with Crippen LogP contribution >= 0.6 is 15.9 Å². The summed E-state index contributed by atoms with van der Waals surface area (Å²) in [6.07, 6.45) is 0.262. The summed E-state index contributed by atoms with van der Waals surface area (Å²) in [5.41, 5.74) is 2.68. The van der Waals surface area contributed by atoms with Crippen molar-refractivity contribution in [2.75, 3.05) is 18.9 Å². The van der Waals surface area contributed by atoms with Gasteiger partial charge >= 0.3 is 0 Å². The molecule has 32 heavy (non-hydrogen) atoms. The number of carbonyl (C=O) groups excluding carboxylic acids is 1. The second-order valence-corrected chi connectivity index (χ2v) is 9.35. The van der Waals surface area contributed by atoms with Crippen LogP contribution < -0.4 is 5.32 Å². The van der Waals surface area contributed by atoms with E-state index in [0.717, 1.165) is 11.3 Å². The van der Waals surface area contributed by atoms with E-state index in [1.807, 2.05) is 11.8 Å². The van der Waals surface area contributed by atoms with Crippen LogP contribution in [0.25, 0.3) is 0 Å². The van der Waals surface area contributed by atoms with E-state index < -0.39 is 12.5 Å². The molecule has 1 aromatic heterocycles. The zero-order valence-corrected chi connectivity index (χ0v) is 19.6. The molecule has 2 aliphatic heterocycles. The molecule has 1 amide bonds. The molecule has 1 aromatic carbocycles. The van der Waals surface area contributed by atoms with Gasteiger partial charge in [0, 0.05) is 56.3 Å². The minimum Gasteiger partial charge on any atom is -0.389 e. The fraction of sp³-hybridized carbons (Fsp3) is 0.455. The maximum Gasteiger partial charge on any atom is 0.272 e. The molecule has 3 heterocycles. The van der Waals surface area contributed by atoms with Crippen molar-refractivity contribution in [3.05, 3.63) is 58.1 Å². The molecule has 4 atom stereocenters. The lowest BCUT2D eigenvalue weighted by molar-refractivity contribution is -0.0123. The van der Waals surface area contributed by atoms with Gasteiger partial charge in [0.2, 0.25) is 0 Å². The van der Waals surface area contributed by atoms with Crippen LogP contribution in [0.2, 0.25) is 0 Å². The zero-order chi connectivity index (χ0) is 23.2.